The molecule has 2 aromatic rings. The van der Waals surface area contributed by atoms with Crippen molar-refractivity contribution in [3.05, 3.63) is 59.7 Å². The predicted molar refractivity (Wildman–Crippen MR) is 116 cm³/mol. The standard InChI is InChI=1S/C24H29N3O2/c1-18-4-2-14-26(16-18)17-19-6-8-20(9-7-19)24(29)25-21-10-12-22(13-11-21)27-15-3-5-23(27)28/h6-13,18H,2-5,14-17H2,1H3,(H,25,29)/t18-/m1/s1. The first-order valence-electron chi connectivity index (χ1n) is 10.6. The van der Waals surface area contributed by atoms with Gasteiger partial charge in [-0.2, -0.15) is 0 Å². The number of amides is 2. The Labute approximate surface area is 172 Å². The Balaban J connectivity index is 1.34. The minimum atomic E-state index is -0.117. The zero-order chi connectivity index (χ0) is 20.2. The normalized spacial score (nSPS) is 20.1. The molecule has 0 saturated carbocycles. The van der Waals surface area contributed by atoms with Gasteiger partial charge < -0.3 is 10.2 Å². The van der Waals surface area contributed by atoms with Gasteiger partial charge in [0.1, 0.15) is 0 Å². The second-order valence-electron chi connectivity index (χ2n) is 8.33. The van der Waals surface area contributed by atoms with Gasteiger partial charge in [0.15, 0.2) is 0 Å². The lowest BCUT2D eigenvalue weighted by molar-refractivity contribution is -0.117. The van der Waals surface area contributed by atoms with Crippen LogP contribution in [-0.2, 0) is 11.3 Å². The fourth-order valence-corrected chi connectivity index (χ4v) is 4.30. The van der Waals surface area contributed by atoms with Gasteiger partial charge in [0, 0.05) is 43.0 Å². The average Bonchev–Trinajstić information content (AvgIpc) is 3.15. The summed E-state index contributed by atoms with van der Waals surface area (Å²) >= 11 is 0. The molecule has 2 aliphatic heterocycles. The Bertz CT molecular complexity index is 861. The number of hydrogen-bond acceptors (Lipinski definition) is 3. The van der Waals surface area contributed by atoms with Crippen molar-refractivity contribution >= 4 is 23.2 Å². The summed E-state index contributed by atoms with van der Waals surface area (Å²) in [6.45, 7) is 6.35. The van der Waals surface area contributed by atoms with E-state index in [1.54, 1.807) is 4.90 Å². The Morgan fingerprint density at radius 3 is 2.45 bits per heavy atom. The van der Waals surface area contributed by atoms with Gasteiger partial charge >= 0.3 is 0 Å². The van der Waals surface area contributed by atoms with Crippen LogP contribution in [0.4, 0.5) is 11.4 Å². The van der Waals surface area contributed by atoms with Crippen LogP contribution in [0.1, 0.15) is 48.5 Å². The zero-order valence-electron chi connectivity index (χ0n) is 17.1. The molecule has 2 fully saturated rings. The third kappa shape index (κ3) is 4.85. The van der Waals surface area contributed by atoms with Gasteiger partial charge in [-0.15, -0.1) is 0 Å². The van der Waals surface area contributed by atoms with Crippen LogP contribution in [0, 0.1) is 5.92 Å². The van der Waals surface area contributed by atoms with Crippen LogP contribution in [0.15, 0.2) is 48.5 Å². The minimum Gasteiger partial charge on any atom is -0.322 e. The summed E-state index contributed by atoms with van der Waals surface area (Å²) in [6.07, 6.45) is 4.12. The molecule has 0 bridgehead atoms. The highest BCUT2D eigenvalue weighted by Crippen LogP contribution is 2.23. The van der Waals surface area contributed by atoms with Crippen molar-refractivity contribution in [2.24, 2.45) is 5.92 Å². The van der Waals surface area contributed by atoms with E-state index < -0.39 is 0 Å². The third-order valence-electron chi connectivity index (χ3n) is 5.87. The number of likely N-dealkylation sites (tertiary alicyclic amines) is 1. The van der Waals surface area contributed by atoms with Crippen LogP contribution in [0.2, 0.25) is 0 Å². The lowest BCUT2D eigenvalue weighted by atomic mass is 9.99. The number of hydrogen-bond donors (Lipinski definition) is 1. The molecule has 29 heavy (non-hydrogen) atoms. The molecule has 4 rings (SSSR count). The summed E-state index contributed by atoms with van der Waals surface area (Å²) in [5.41, 5.74) is 3.52. The summed E-state index contributed by atoms with van der Waals surface area (Å²) < 4.78 is 0. The van der Waals surface area contributed by atoms with Gasteiger partial charge in [-0.25, -0.2) is 0 Å². The molecule has 0 aromatic heterocycles. The van der Waals surface area contributed by atoms with Crippen LogP contribution in [0.25, 0.3) is 0 Å². The van der Waals surface area contributed by atoms with Gasteiger partial charge in [-0.05, 0) is 73.7 Å². The highest BCUT2D eigenvalue weighted by atomic mass is 16.2. The molecule has 0 spiro atoms. The van der Waals surface area contributed by atoms with E-state index in [0.717, 1.165) is 49.9 Å². The molecule has 1 N–H and O–H groups in total. The summed E-state index contributed by atoms with van der Waals surface area (Å²) in [5, 5.41) is 2.94. The molecule has 2 amide bonds. The van der Waals surface area contributed by atoms with Crippen molar-refractivity contribution in [2.45, 2.75) is 39.2 Å². The van der Waals surface area contributed by atoms with Crippen LogP contribution in [0.3, 0.4) is 0 Å². The van der Waals surface area contributed by atoms with E-state index >= 15 is 0 Å². The van der Waals surface area contributed by atoms with Crippen LogP contribution >= 0.6 is 0 Å². The van der Waals surface area contributed by atoms with E-state index in [1.165, 1.54) is 18.4 Å². The monoisotopic (exact) mass is 391 g/mol. The molecule has 152 valence electrons. The van der Waals surface area contributed by atoms with Gasteiger partial charge in [-0.1, -0.05) is 19.1 Å². The van der Waals surface area contributed by atoms with Crippen molar-refractivity contribution < 1.29 is 9.59 Å². The number of nitrogens with one attached hydrogen (secondary N) is 1. The van der Waals surface area contributed by atoms with E-state index in [1.807, 2.05) is 36.4 Å². The van der Waals surface area contributed by atoms with E-state index in [2.05, 4.69) is 29.3 Å². The minimum absolute atomic E-state index is 0.117. The number of nitrogens with zero attached hydrogens (tertiary/aromatic N) is 2. The maximum atomic E-state index is 12.6. The van der Waals surface area contributed by atoms with Crippen molar-refractivity contribution in [1.82, 2.24) is 4.90 Å². The molecule has 0 unspecified atom stereocenters. The third-order valence-corrected chi connectivity index (χ3v) is 5.87. The largest absolute Gasteiger partial charge is 0.322 e. The van der Waals surface area contributed by atoms with Crippen molar-refractivity contribution in [3.63, 3.8) is 0 Å². The van der Waals surface area contributed by atoms with Crippen molar-refractivity contribution in [2.75, 3.05) is 29.9 Å². The van der Waals surface area contributed by atoms with Gasteiger partial charge in [-0.3, -0.25) is 14.5 Å². The van der Waals surface area contributed by atoms with Crippen LogP contribution in [0.5, 0.6) is 0 Å². The fourth-order valence-electron chi connectivity index (χ4n) is 4.30. The van der Waals surface area contributed by atoms with E-state index in [0.29, 0.717) is 12.0 Å². The Morgan fingerprint density at radius 1 is 1.03 bits per heavy atom. The second-order valence-corrected chi connectivity index (χ2v) is 8.33. The molecule has 1 atom stereocenters. The topological polar surface area (TPSA) is 52.7 Å². The maximum Gasteiger partial charge on any atom is 0.255 e. The Kier molecular flexibility index (Phi) is 5.95. The number of piperidine rings is 1. The van der Waals surface area contributed by atoms with Crippen LogP contribution in [-0.4, -0.2) is 36.3 Å². The second kappa shape index (κ2) is 8.78. The number of benzene rings is 2. The van der Waals surface area contributed by atoms with E-state index in [9.17, 15) is 9.59 Å². The molecule has 0 radical (unpaired) electrons. The first-order chi connectivity index (χ1) is 14.1. The summed E-state index contributed by atoms with van der Waals surface area (Å²) in [7, 11) is 0. The zero-order valence-corrected chi connectivity index (χ0v) is 17.1. The van der Waals surface area contributed by atoms with E-state index in [4.69, 9.17) is 0 Å². The number of anilines is 2. The first-order valence-corrected chi connectivity index (χ1v) is 10.6. The first kappa shape index (κ1) is 19.6. The van der Waals surface area contributed by atoms with E-state index in [-0.39, 0.29) is 11.8 Å². The highest BCUT2D eigenvalue weighted by Gasteiger charge is 2.21. The summed E-state index contributed by atoms with van der Waals surface area (Å²) in [6, 6.07) is 15.4. The Hall–Kier alpha value is -2.66. The van der Waals surface area contributed by atoms with Crippen molar-refractivity contribution in [1.29, 1.82) is 0 Å². The molecule has 5 heteroatoms. The maximum absolute atomic E-state index is 12.6. The lowest BCUT2D eigenvalue weighted by Gasteiger charge is -2.30. The average molecular weight is 392 g/mol. The SMILES string of the molecule is C[C@@H]1CCCN(Cc2ccc(C(=O)Nc3ccc(N4CCCC4=O)cc3)cc2)C1. The highest BCUT2D eigenvalue weighted by molar-refractivity contribution is 6.04. The van der Waals surface area contributed by atoms with Crippen molar-refractivity contribution in [3.8, 4) is 0 Å². The smallest absolute Gasteiger partial charge is 0.255 e. The molecule has 2 heterocycles. The number of rotatable bonds is 5. The molecule has 2 aliphatic rings. The van der Waals surface area contributed by atoms with Gasteiger partial charge in [0.25, 0.3) is 5.91 Å². The van der Waals surface area contributed by atoms with Gasteiger partial charge in [0.05, 0.1) is 0 Å². The fraction of sp³-hybridized carbons (Fsp3) is 0.417. The molecular weight excluding hydrogens is 362 g/mol. The molecule has 0 aliphatic carbocycles. The van der Waals surface area contributed by atoms with Gasteiger partial charge in [0.2, 0.25) is 5.91 Å². The number of carbonyl (C=O) groups excluding carboxylic acids is 2. The number of carbonyl (C=O) groups is 2. The molecule has 2 saturated heterocycles. The molecule has 2 aromatic carbocycles. The molecular formula is C24H29N3O2. The van der Waals surface area contributed by atoms with Crippen LogP contribution < -0.4 is 10.2 Å². The summed E-state index contributed by atoms with van der Waals surface area (Å²) in [4.78, 5) is 28.7. The lowest BCUT2D eigenvalue weighted by Crippen LogP contribution is -2.33. The predicted octanol–water partition coefficient (Wildman–Crippen LogP) is 4.30. The summed E-state index contributed by atoms with van der Waals surface area (Å²) in [5.74, 6) is 0.817. The quantitative estimate of drug-likeness (QED) is 0.827. The molecule has 5 nitrogen and oxygen atoms in total. The Morgan fingerprint density at radius 2 is 1.79 bits per heavy atom.